The van der Waals surface area contributed by atoms with Crippen molar-refractivity contribution < 1.29 is 9.59 Å². The van der Waals surface area contributed by atoms with Crippen LogP contribution < -0.4 is 10.6 Å². The first-order valence-corrected chi connectivity index (χ1v) is 9.24. The number of amides is 2. The number of carbonyl (C=O) groups excluding carboxylic acids is 2. The molecule has 1 rings (SSSR count). The largest absolute Gasteiger partial charge is 0.353 e. The van der Waals surface area contributed by atoms with Crippen LogP contribution in [-0.2, 0) is 16.0 Å². The van der Waals surface area contributed by atoms with E-state index >= 15 is 0 Å². The molecule has 27 heavy (non-hydrogen) atoms. The van der Waals surface area contributed by atoms with Gasteiger partial charge in [-0.3, -0.25) is 9.59 Å². The summed E-state index contributed by atoms with van der Waals surface area (Å²) < 4.78 is 0. The van der Waals surface area contributed by atoms with Crippen molar-refractivity contribution in [3.05, 3.63) is 72.9 Å². The Labute approximate surface area is 162 Å². The van der Waals surface area contributed by atoms with Crippen molar-refractivity contribution in [3.8, 4) is 0 Å². The molecule has 5 nitrogen and oxygen atoms in total. The zero-order valence-electron chi connectivity index (χ0n) is 16.2. The lowest BCUT2D eigenvalue weighted by atomic mass is 10.0. The van der Waals surface area contributed by atoms with Gasteiger partial charge in [0.1, 0.15) is 0 Å². The van der Waals surface area contributed by atoms with E-state index in [1.165, 1.54) is 5.56 Å². The normalized spacial score (nSPS) is 12.1. The maximum absolute atomic E-state index is 11.4. The highest BCUT2D eigenvalue weighted by atomic mass is 16.1. The van der Waals surface area contributed by atoms with Crippen LogP contribution in [-0.4, -0.2) is 49.4 Å². The summed E-state index contributed by atoms with van der Waals surface area (Å²) in [7, 11) is 0. The zero-order valence-corrected chi connectivity index (χ0v) is 16.2. The standard InChI is InChI=1S/C22H31N3O2/c1-4-9-20(5-2)17-25(18-26)15-14-23-13-12-22(24-19(3)27)16-21-10-7-6-8-11-21/h4-11,18,22-23H,1-2,12-17H2,3H3,(H,24,27)/b20-9+/t22-/m1/s1. The van der Waals surface area contributed by atoms with E-state index in [1.54, 1.807) is 24.0 Å². The van der Waals surface area contributed by atoms with Crippen molar-refractivity contribution in [2.45, 2.75) is 25.8 Å². The molecule has 2 N–H and O–H groups in total. The molecule has 0 aliphatic rings. The lowest BCUT2D eigenvalue weighted by molar-refractivity contribution is -0.120. The van der Waals surface area contributed by atoms with Gasteiger partial charge in [0.05, 0.1) is 0 Å². The molecule has 5 heteroatoms. The van der Waals surface area contributed by atoms with Gasteiger partial charge in [0.15, 0.2) is 0 Å². The van der Waals surface area contributed by atoms with E-state index in [0.29, 0.717) is 19.6 Å². The van der Waals surface area contributed by atoms with E-state index < -0.39 is 0 Å². The molecule has 0 saturated heterocycles. The second-order valence-corrected chi connectivity index (χ2v) is 6.38. The van der Waals surface area contributed by atoms with E-state index in [0.717, 1.165) is 31.4 Å². The lowest BCUT2D eigenvalue weighted by Gasteiger charge is -2.20. The van der Waals surface area contributed by atoms with Gasteiger partial charge in [-0.1, -0.05) is 61.7 Å². The molecule has 2 amide bonds. The minimum absolute atomic E-state index is 0.0194. The highest BCUT2D eigenvalue weighted by molar-refractivity contribution is 5.73. The van der Waals surface area contributed by atoms with Crippen LogP contribution in [0.5, 0.6) is 0 Å². The molecule has 1 aromatic carbocycles. The van der Waals surface area contributed by atoms with Crippen LogP contribution in [0.3, 0.4) is 0 Å². The monoisotopic (exact) mass is 369 g/mol. The lowest BCUT2D eigenvalue weighted by Crippen LogP contribution is -2.38. The van der Waals surface area contributed by atoms with Crippen molar-refractivity contribution in [1.82, 2.24) is 15.5 Å². The third-order valence-corrected chi connectivity index (χ3v) is 4.11. The highest BCUT2D eigenvalue weighted by Crippen LogP contribution is 2.05. The number of nitrogens with one attached hydrogen (secondary N) is 2. The maximum atomic E-state index is 11.4. The summed E-state index contributed by atoms with van der Waals surface area (Å²) in [6.07, 6.45) is 7.73. The van der Waals surface area contributed by atoms with Crippen molar-refractivity contribution in [2.24, 2.45) is 0 Å². The smallest absolute Gasteiger partial charge is 0.217 e. The first-order chi connectivity index (χ1) is 13.1. The van der Waals surface area contributed by atoms with Crippen LogP contribution in [0.25, 0.3) is 0 Å². The van der Waals surface area contributed by atoms with E-state index in [4.69, 9.17) is 0 Å². The van der Waals surface area contributed by atoms with E-state index in [2.05, 4.69) is 35.9 Å². The van der Waals surface area contributed by atoms with E-state index in [9.17, 15) is 9.59 Å². The molecule has 0 aromatic heterocycles. The van der Waals surface area contributed by atoms with Crippen LogP contribution in [0.15, 0.2) is 67.3 Å². The first-order valence-electron chi connectivity index (χ1n) is 9.24. The Hall–Kier alpha value is -2.66. The number of nitrogens with zero attached hydrogens (tertiary/aromatic N) is 1. The van der Waals surface area contributed by atoms with Crippen LogP contribution in [0, 0.1) is 0 Å². The van der Waals surface area contributed by atoms with Gasteiger partial charge >= 0.3 is 0 Å². The third kappa shape index (κ3) is 10.2. The van der Waals surface area contributed by atoms with E-state index in [1.807, 2.05) is 24.3 Å². The molecule has 0 aliphatic carbocycles. The Kier molecular flexibility index (Phi) is 11.2. The number of rotatable bonds is 14. The average Bonchev–Trinajstić information content (AvgIpc) is 2.66. The van der Waals surface area contributed by atoms with Gasteiger partial charge in [-0.15, -0.1) is 0 Å². The first kappa shape index (κ1) is 22.4. The van der Waals surface area contributed by atoms with Crippen LogP contribution in [0.2, 0.25) is 0 Å². The van der Waals surface area contributed by atoms with Crippen LogP contribution >= 0.6 is 0 Å². The molecule has 0 fully saturated rings. The molecular weight excluding hydrogens is 338 g/mol. The van der Waals surface area contributed by atoms with Crippen LogP contribution in [0.4, 0.5) is 0 Å². The Morgan fingerprint density at radius 3 is 2.56 bits per heavy atom. The molecule has 1 aromatic rings. The van der Waals surface area contributed by atoms with Gasteiger partial charge < -0.3 is 15.5 Å². The second kappa shape index (κ2) is 13.5. The summed E-state index contributed by atoms with van der Waals surface area (Å²) in [4.78, 5) is 24.4. The van der Waals surface area contributed by atoms with Crippen molar-refractivity contribution in [2.75, 3.05) is 26.2 Å². The summed E-state index contributed by atoms with van der Waals surface area (Å²) in [5.41, 5.74) is 2.15. The van der Waals surface area contributed by atoms with Crippen molar-refractivity contribution >= 4 is 12.3 Å². The van der Waals surface area contributed by atoms with E-state index in [-0.39, 0.29) is 11.9 Å². The second-order valence-electron chi connectivity index (χ2n) is 6.38. The third-order valence-electron chi connectivity index (χ3n) is 4.11. The summed E-state index contributed by atoms with van der Waals surface area (Å²) in [6.45, 7) is 11.5. The molecule has 0 spiro atoms. The Morgan fingerprint density at radius 2 is 1.96 bits per heavy atom. The Balaban J connectivity index is 2.38. The van der Waals surface area contributed by atoms with Gasteiger partial charge in [0.2, 0.25) is 12.3 Å². The molecule has 0 bridgehead atoms. The number of benzene rings is 1. The quantitative estimate of drug-likeness (QED) is 0.301. The molecule has 0 saturated carbocycles. The molecular formula is C22H31N3O2. The topological polar surface area (TPSA) is 61.4 Å². The predicted molar refractivity (Wildman–Crippen MR) is 111 cm³/mol. The fraction of sp³-hybridized carbons (Fsp3) is 0.364. The number of hydrogen-bond acceptors (Lipinski definition) is 3. The SMILES string of the molecule is C=C/C=C(\C=C)CN(C=O)CCNCC[C@H](Cc1ccccc1)NC(C)=O. The highest BCUT2D eigenvalue weighted by Gasteiger charge is 2.11. The Morgan fingerprint density at radius 1 is 1.22 bits per heavy atom. The zero-order chi connectivity index (χ0) is 19.9. The molecule has 0 heterocycles. The summed E-state index contributed by atoms with van der Waals surface area (Å²) in [6, 6.07) is 10.2. The summed E-state index contributed by atoms with van der Waals surface area (Å²) in [5.74, 6) is -0.0194. The Bertz CT molecular complexity index is 626. The summed E-state index contributed by atoms with van der Waals surface area (Å²) >= 11 is 0. The van der Waals surface area contributed by atoms with Crippen molar-refractivity contribution in [3.63, 3.8) is 0 Å². The maximum Gasteiger partial charge on any atom is 0.217 e. The number of hydrogen-bond donors (Lipinski definition) is 2. The molecule has 1 atom stereocenters. The number of carbonyl (C=O) groups is 2. The minimum atomic E-state index is -0.0194. The van der Waals surface area contributed by atoms with Gasteiger partial charge in [-0.25, -0.2) is 0 Å². The minimum Gasteiger partial charge on any atom is -0.353 e. The van der Waals surface area contributed by atoms with Crippen molar-refractivity contribution in [1.29, 1.82) is 0 Å². The fourth-order valence-electron chi connectivity index (χ4n) is 2.78. The average molecular weight is 370 g/mol. The van der Waals surface area contributed by atoms with Gasteiger partial charge in [-0.2, -0.15) is 0 Å². The van der Waals surface area contributed by atoms with Gasteiger partial charge in [-0.05, 0) is 30.5 Å². The molecule has 0 radical (unpaired) electrons. The molecule has 0 unspecified atom stereocenters. The van der Waals surface area contributed by atoms with Gasteiger partial charge in [0.25, 0.3) is 0 Å². The fourth-order valence-corrected chi connectivity index (χ4v) is 2.78. The molecule has 0 aliphatic heterocycles. The molecule has 146 valence electrons. The number of allylic oxidation sites excluding steroid dienone is 2. The predicted octanol–water partition coefficient (Wildman–Crippen LogP) is 2.47. The summed E-state index contributed by atoms with van der Waals surface area (Å²) in [5, 5.41) is 6.36. The van der Waals surface area contributed by atoms with Crippen LogP contribution in [0.1, 0.15) is 18.9 Å². The van der Waals surface area contributed by atoms with Gasteiger partial charge in [0, 0.05) is 32.6 Å².